The molecule has 0 aliphatic heterocycles. The third-order valence-electron chi connectivity index (χ3n) is 2.68. The van der Waals surface area contributed by atoms with E-state index in [1.54, 1.807) is 0 Å². The van der Waals surface area contributed by atoms with Crippen LogP contribution in [-0.4, -0.2) is 33.8 Å². The molecule has 0 aromatic rings. The highest BCUT2D eigenvalue weighted by Crippen LogP contribution is 2.32. The lowest BCUT2D eigenvalue weighted by atomic mass is 9.89. The Hall–Kier alpha value is -0.220. The van der Waals surface area contributed by atoms with E-state index in [0.29, 0.717) is 5.25 Å². The first kappa shape index (κ1) is 11.9. The first-order valence-corrected chi connectivity index (χ1v) is 6.24. The molecule has 0 radical (unpaired) electrons. The van der Waals surface area contributed by atoms with Crippen LogP contribution in [-0.2, 0) is 4.79 Å². The molecule has 82 valence electrons. The standard InChI is InChI=1S/C10H18O3S/c11-6-1-7-14-9-4-2-8(3-5-9)10(12)13/h8-9,11H,1-7H2,(H,12,13). The van der Waals surface area contributed by atoms with Gasteiger partial charge in [-0.25, -0.2) is 0 Å². The van der Waals surface area contributed by atoms with Crippen molar-refractivity contribution in [3.05, 3.63) is 0 Å². The molecule has 1 fully saturated rings. The van der Waals surface area contributed by atoms with Gasteiger partial charge in [0.2, 0.25) is 0 Å². The predicted molar refractivity (Wildman–Crippen MR) is 57.5 cm³/mol. The minimum absolute atomic E-state index is 0.107. The molecule has 2 N–H and O–H groups in total. The van der Waals surface area contributed by atoms with E-state index in [2.05, 4.69) is 0 Å². The fraction of sp³-hybridized carbons (Fsp3) is 0.900. The minimum Gasteiger partial charge on any atom is -0.481 e. The molecule has 0 bridgehead atoms. The molecule has 0 heterocycles. The van der Waals surface area contributed by atoms with Gasteiger partial charge in [0, 0.05) is 11.9 Å². The summed E-state index contributed by atoms with van der Waals surface area (Å²) < 4.78 is 0. The molecule has 1 rings (SSSR count). The number of thioether (sulfide) groups is 1. The largest absolute Gasteiger partial charge is 0.481 e. The highest BCUT2D eigenvalue weighted by Gasteiger charge is 2.25. The molecule has 0 spiro atoms. The van der Waals surface area contributed by atoms with E-state index in [4.69, 9.17) is 10.2 Å². The lowest BCUT2D eigenvalue weighted by molar-refractivity contribution is -0.142. The lowest BCUT2D eigenvalue weighted by Crippen LogP contribution is -2.22. The Morgan fingerprint density at radius 3 is 2.43 bits per heavy atom. The molecule has 14 heavy (non-hydrogen) atoms. The van der Waals surface area contributed by atoms with Gasteiger partial charge in [0.1, 0.15) is 0 Å². The lowest BCUT2D eigenvalue weighted by Gasteiger charge is -2.25. The van der Waals surface area contributed by atoms with Crippen LogP contribution in [0.5, 0.6) is 0 Å². The van der Waals surface area contributed by atoms with Crippen molar-refractivity contribution in [1.82, 2.24) is 0 Å². The van der Waals surface area contributed by atoms with Crippen LogP contribution in [0.3, 0.4) is 0 Å². The van der Waals surface area contributed by atoms with Crippen LogP contribution in [0.1, 0.15) is 32.1 Å². The first-order chi connectivity index (χ1) is 6.74. The fourth-order valence-corrected chi connectivity index (χ4v) is 3.03. The monoisotopic (exact) mass is 218 g/mol. The topological polar surface area (TPSA) is 57.5 Å². The molecule has 0 aromatic heterocycles. The van der Waals surface area contributed by atoms with E-state index in [1.165, 1.54) is 0 Å². The third kappa shape index (κ3) is 3.88. The summed E-state index contributed by atoms with van der Waals surface area (Å²) in [5, 5.41) is 18.0. The van der Waals surface area contributed by atoms with Gasteiger partial charge in [-0.1, -0.05) is 0 Å². The number of aliphatic carboxylic acids is 1. The minimum atomic E-state index is -0.635. The maximum atomic E-state index is 10.7. The van der Waals surface area contributed by atoms with Gasteiger partial charge >= 0.3 is 5.97 Å². The summed E-state index contributed by atoms with van der Waals surface area (Å²) in [5.74, 6) is 0.257. The zero-order valence-corrected chi connectivity index (χ0v) is 9.13. The second-order valence-electron chi connectivity index (χ2n) is 3.76. The molecular weight excluding hydrogens is 200 g/mol. The van der Waals surface area contributed by atoms with Crippen molar-refractivity contribution in [3.63, 3.8) is 0 Å². The van der Waals surface area contributed by atoms with Gasteiger partial charge in [-0.3, -0.25) is 4.79 Å². The van der Waals surface area contributed by atoms with E-state index in [9.17, 15) is 4.79 Å². The Kier molecular flexibility index (Phi) is 5.33. The van der Waals surface area contributed by atoms with E-state index in [-0.39, 0.29) is 12.5 Å². The van der Waals surface area contributed by atoms with Crippen LogP contribution in [0.15, 0.2) is 0 Å². The van der Waals surface area contributed by atoms with Crippen LogP contribution in [0.25, 0.3) is 0 Å². The summed E-state index contributed by atoms with van der Waals surface area (Å²) in [5.41, 5.74) is 0. The van der Waals surface area contributed by atoms with Crippen molar-refractivity contribution in [2.24, 2.45) is 5.92 Å². The Morgan fingerprint density at radius 1 is 1.29 bits per heavy atom. The molecule has 0 unspecified atom stereocenters. The molecular formula is C10H18O3S. The van der Waals surface area contributed by atoms with Crippen molar-refractivity contribution < 1.29 is 15.0 Å². The SMILES string of the molecule is O=C(O)C1CCC(SCCCO)CC1. The van der Waals surface area contributed by atoms with Crippen molar-refractivity contribution >= 4 is 17.7 Å². The zero-order chi connectivity index (χ0) is 10.4. The Bertz CT molecular complexity index is 176. The number of carboxylic acids is 1. The summed E-state index contributed by atoms with van der Waals surface area (Å²) in [6.45, 7) is 0.261. The molecule has 1 saturated carbocycles. The van der Waals surface area contributed by atoms with Crippen molar-refractivity contribution in [2.75, 3.05) is 12.4 Å². The van der Waals surface area contributed by atoms with Crippen molar-refractivity contribution in [2.45, 2.75) is 37.4 Å². The molecule has 1 aliphatic rings. The van der Waals surface area contributed by atoms with Crippen LogP contribution >= 0.6 is 11.8 Å². The number of rotatable bonds is 5. The number of aliphatic hydroxyl groups excluding tert-OH is 1. The Labute approximate surface area is 88.9 Å². The summed E-state index contributed by atoms with van der Waals surface area (Å²) in [7, 11) is 0. The molecule has 0 atom stereocenters. The predicted octanol–water partition coefficient (Wildman–Crippen LogP) is 1.75. The zero-order valence-electron chi connectivity index (χ0n) is 8.32. The maximum absolute atomic E-state index is 10.7. The molecule has 0 amide bonds. The van der Waals surface area contributed by atoms with Gasteiger partial charge < -0.3 is 10.2 Å². The molecule has 0 aromatic carbocycles. The van der Waals surface area contributed by atoms with E-state index >= 15 is 0 Å². The summed E-state index contributed by atoms with van der Waals surface area (Å²) in [6, 6.07) is 0. The second kappa shape index (κ2) is 6.30. The molecule has 0 saturated heterocycles. The van der Waals surface area contributed by atoms with Crippen molar-refractivity contribution in [1.29, 1.82) is 0 Å². The third-order valence-corrected chi connectivity index (χ3v) is 4.15. The Balaban J connectivity index is 2.12. The fourth-order valence-electron chi connectivity index (χ4n) is 1.79. The molecule has 4 heteroatoms. The number of hydrogen-bond acceptors (Lipinski definition) is 3. The summed E-state index contributed by atoms with van der Waals surface area (Å²) >= 11 is 1.88. The summed E-state index contributed by atoms with van der Waals surface area (Å²) in [4.78, 5) is 10.7. The van der Waals surface area contributed by atoms with Crippen LogP contribution in [0, 0.1) is 5.92 Å². The quantitative estimate of drug-likeness (QED) is 0.690. The highest BCUT2D eigenvalue weighted by molar-refractivity contribution is 7.99. The number of carbonyl (C=O) groups is 1. The Morgan fingerprint density at radius 2 is 1.93 bits per heavy atom. The van der Waals surface area contributed by atoms with Gasteiger partial charge in [-0.2, -0.15) is 11.8 Å². The van der Waals surface area contributed by atoms with Crippen molar-refractivity contribution in [3.8, 4) is 0 Å². The van der Waals surface area contributed by atoms with Crippen LogP contribution in [0.4, 0.5) is 0 Å². The smallest absolute Gasteiger partial charge is 0.306 e. The highest BCUT2D eigenvalue weighted by atomic mass is 32.2. The van der Waals surface area contributed by atoms with E-state index in [1.807, 2.05) is 11.8 Å². The van der Waals surface area contributed by atoms with E-state index < -0.39 is 5.97 Å². The van der Waals surface area contributed by atoms with Gasteiger partial charge in [0.25, 0.3) is 0 Å². The molecule has 1 aliphatic carbocycles. The van der Waals surface area contributed by atoms with Crippen LogP contribution in [0.2, 0.25) is 0 Å². The van der Waals surface area contributed by atoms with Gasteiger partial charge in [0.05, 0.1) is 5.92 Å². The van der Waals surface area contributed by atoms with Gasteiger partial charge in [0.15, 0.2) is 0 Å². The maximum Gasteiger partial charge on any atom is 0.306 e. The van der Waals surface area contributed by atoms with E-state index in [0.717, 1.165) is 37.9 Å². The van der Waals surface area contributed by atoms with Gasteiger partial charge in [-0.05, 0) is 37.9 Å². The van der Waals surface area contributed by atoms with Gasteiger partial charge in [-0.15, -0.1) is 0 Å². The average Bonchev–Trinajstić information content (AvgIpc) is 2.19. The second-order valence-corrected chi connectivity index (χ2v) is 5.17. The average molecular weight is 218 g/mol. The van der Waals surface area contributed by atoms with Crippen LogP contribution < -0.4 is 0 Å². The summed E-state index contributed by atoms with van der Waals surface area (Å²) in [6.07, 6.45) is 4.54. The number of hydrogen-bond donors (Lipinski definition) is 2. The molecule has 3 nitrogen and oxygen atoms in total. The first-order valence-electron chi connectivity index (χ1n) is 5.19. The normalized spacial score (nSPS) is 27.5. The number of carboxylic acid groups (broad SMARTS) is 1. The number of aliphatic hydroxyl groups is 1.